The predicted octanol–water partition coefficient (Wildman–Crippen LogP) is 3.15. The Bertz CT molecular complexity index is 341. The van der Waals surface area contributed by atoms with Crippen LogP contribution >= 0.6 is 12.6 Å². The lowest BCUT2D eigenvalue weighted by Gasteiger charge is -2.17. The third-order valence-electron chi connectivity index (χ3n) is 2.69. The fourth-order valence-electron chi connectivity index (χ4n) is 1.86. The van der Waals surface area contributed by atoms with E-state index in [-0.39, 0.29) is 0 Å². The lowest BCUT2D eigenvalue weighted by atomic mass is 10.1. The van der Waals surface area contributed by atoms with Gasteiger partial charge in [0.1, 0.15) is 5.75 Å². The minimum absolute atomic E-state index is 0.724. The second kappa shape index (κ2) is 7.62. The molecule has 0 heterocycles. The van der Waals surface area contributed by atoms with Crippen molar-refractivity contribution in [3.8, 4) is 5.75 Å². The van der Waals surface area contributed by atoms with Gasteiger partial charge in [0.05, 0.1) is 6.61 Å². The van der Waals surface area contributed by atoms with Crippen molar-refractivity contribution in [3.05, 3.63) is 29.3 Å². The highest BCUT2D eigenvalue weighted by atomic mass is 32.1. The number of benzene rings is 1. The van der Waals surface area contributed by atoms with Gasteiger partial charge in [-0.3, -0.25) is 0 Å². The van der Waals surface area contributed by atoms with Crippen LogP contribution in [0.15, 0.2) is 18.2 Å². The number of thiol groups is 1. The average molecular weight is 253 g/mol. The summed E-state index contributed by atoms with van der Waals surface area (Å²) in [5.41, 5.74) is 2.56. The maximum absolute atomic E-state index is 5.54. The molecule has 1 aromatic rings. The number of aryl methyl sites for hydroxylation is 1. The summed E-state index contributed by atoms with van der Waals surface area (Å²) < 4.78 is 5.54. The molecule has 96 valence electrons. The van der Waals surface area contributed by atoms with Crippen LogP contribution in [0.1, 0.15) is 24.5 Å². The third kappa shape index (κ3) is 5.00. The largest absolute Gasteiger partial charge is 0.494 e. The van der Waals surface area contributed by atoms with Gasteiger partial charge in [-0.1, -0.05) is 12.1 Å². The molecule has 0 aromatic heterocycles. The van der Waals surface area contributed by atoms with Crippen LogP contribution in [-0.2, 0) is 6.54 Å². The van der Waals surface area contributed by atoms with Gasteiger partial charge in [-0.05, 0) is 56.8 Å². The monoisotopic (exact) mass is 253 g/mol. The highest BCUT2D eigenvalue weighted by Gasteiger charge is 2.03. The van der Waals surface area contributed by atoms with Crippen LogP contribution < -0.4 is 4.74 Å². The molecule has 3 heteroatoms. The molecular formula is C14H23NOS. The molecule has 0 spiro atoms. The van der Waals surface area contributed by atoms with Crippen molar-refractivity contribution in [2.75, 3.05) is 26.0 Å². The molecule has 0 N–H and O–H groups in total. The zero-order valence-corrected chi connectivity index (χ0v) is 12.0. The van der Waals surface area contributed by atoms with E-state index in [4.69, 9.17) is 4.74 Å². The Morgan fingerprint density at radius 3 is 2.71 bits per heavy atom. The molecule has 17 heavy (non-hydrogen) atoms. The molecule has 0 aliphatic rings. The maximum atomic E-state index is 5.54. The van der Waals surface area contributed by atoms with E-state index in [1.165, 1.54) is 11.1 Å². The van der Waals surface area contributed by atoms with Gasteiger partial charge < -0.3 is 9.64 Å². The Kier molecular flexibility index (Phi) is 6.45. The summed E-state index contributed by atoms with van der Waals surface area (Å²) >= 11 is 4.23. The van der Waals surface area contributed by atoms with Gasteiger partial charge >= 0.3 is 0 Å². The van der Waals surface area contributed by atoms with Gasteiger partial charge in [0.25, 0.3) is 0 Å². The van der Waals surface area contributed by atoms with Gasteiger partial charge in [-0.2, -0.15) is 12.6 Å². The van der Waals surface area contributed by atoms with E-state index in [9.17, 15) is 0 Å². The summed E-state index contributed by atoms with van der Waals surface area (Å²) in [5.74, 6) is 1.95. The summed E-state index contributed by atoms with van der Waals surface area (Å²) in [4.78, 5) is 2.32. The second-order valence-electron chi connectivity index (χ2n) is 4.35. The van der Waals surface area contributed by atoms with Crippen molar-refractivity contribution < 1.29 is 4.74 Å². The summed E-state index contributed by atoms with van der Waals surface area (Å²) in [7, 11) is 2.15. The number of hydrogen-bond acceptors (Lipinski definition) is 3. The van der Waals surface area contributed by atoms with Crippen LogP contribution in [-0.4, -0.2) is 30.9 Å². The third-order valence-corrected chi connectivity index (χ3v) is 3.01. The van der Waals surface area contributed by atoms with Gasteiger partial charge in [-0.25, -0.2) is 0 Å². The zero-order chi connectivity index (χ0) is 12.7. The summed E-state index contributed by atoms with van der Waals surface area (Å²) in [5, 5.41) is 0. The minimum atomic E-state index is 0.724. The molecule has 1 aromatic carbocycles. The van der Waals surface area contributed by atoms with Crippen LogP contribution in [0.5, 0.6) is 5.75 Å². The van der Waals surface area contributed by atoms with Crippen molar-refractivity contribution in [3.63, 3.8) is 0 Å². The van der Waals surface area contributed by atoms with Gasteiger partial charge in [-0.15, -0.1) is 0 Å². The lowest BCUT2D eigenvalue weighted by molar-refractivity contribution is 0.326. The van der Waals surface area contributed by atoms with Gasteiger partial charge in [0.2, 0.25) is 0 Å². The zero-order valence-electron chi connectivity index (χ0n) is 11.1. The molecular weight excluding hydrogens is 230 g/mol. The molecule has 2 nitrogen and oxygen atoms in total. The first kappa shape index (κ1) is 14.4. The van der Waals surface area contributed by atoms with Crippen LogP contribution in [0.2, 0.25) is 0 Å². The molecule has 0 saturated carbocycles. The number of ether oxygens (including phenoxy) is 1. The summed E-state index contributed by atoms with van der Waals surface area (Å²) in [6.45, 7) is 6.92. The van der Waals surface area contributed by atoms with Gasteiger partial charge in [0, 0.05) is 6.54 Å². The normalized spacial score (nSPS) is 10.9. The smallest absolute Gasteiger partial charge is 0.122 e. The van der Waals surface area contributed by atoms with Crippen LogP contribution in [0.3, 0.4) is 0 Å². The Labute approximate surface area is 110 Å². The predicted molar refractivity (Wildman–Crippen MR) is 77.2 cm³/mol. The van der Waals surface area contributed by atoms with E-state index in [2.05, 4.69) is 49.7 Å². The first-order valence-electron chi connectivity index (χ1n) is 6.19. The topological polar surface area (TPSA) is 12.5 Å². The SMILES string of the molecule is CCOc1ccc(CN(C)CCCS)cc1C. The highest BCUT2D eigenvalue weighted by Crippen LogP contribution is 2.19. The van der Waals surface area contributed by atoms with E-state index in [0.29, 0.717) is 0 Å². The molecule has 0 aliphatic heterocycles. The van der Waals surface area contributed by atoms with Crippen LogP contribution in [0.4, 0.5) is 0 Å². The fourth-order valence-corrected chi connectivity index (χ4v) is 2.00. The molecule has 0 saturated heterocycles. The lowest BCUT2D eigenvalue weighted by Crippen LogP contribution is -2.19. The van der Waals surface area contributed by atoms with Crippen molar-refractivity contribution in [2.24, 2.45) is 0 Å². The Morgan fingerprint density at radius 1 is 1.35 bits per heavy atom. The Balaban J connectivity index is 2.57. The maximum Gasteiger partial charge on any atom is 0.122 e. The minimum Gasteiger partial charge on any atom is -0.494 e. The molecule has 0 amide bonds. The first-order chi connectivity index (χ1) is 8.17. The Hall–Kier alpha value is -0.670. The first-order valence-corrected chi connectivity index (χ1v) is 6.82. The number of nitrogens with zero attached hydrogens (tertiary/aromatic N) is 1. The molecule has 1 rings (SSSR count). The van der Waals surface area contributed by atoms with E-state index in [0.717, 1.165) is 37.6 Å². The highest BCUT2D eigenvalue weighted by molar-refractivity contribution is 7.80. The number of hydrogen-bond donors (Lipinski definition) is 1. The molecule has 0 aliphatic carbocycles. The Morgan fingerprint density at radius 2 is 2.12 bits per heavy atom. The number of rotatable bonds is 7. The van der Waals surface area contributed by atoms with Crippen molar-refractivity contribution >= 4 is 12.6 Å². The molecule has 0 bridgehead atoms. The molecule has 0 fully saturated rings. The van der Waals surface area contributed by atoms with Crippen molar-refractivity contribution in [2.45, 2.75) is 26.8 Å². The average Bonchev–Trinajstić information content (AvgIpc) is 2.30. The van der Waals surface area contributed by atoms with E-state index in [1.807, 2.05) is 6.92 Å². The molecule has 0 unspecified atom stereocenters. The molecule has 0 radical (unpaired) electrons. The standard InChI is InChI=1S/C14H23NOS/c1-4-16-14-7-6-13(10-12(14)2)11-15(3)8-5-9-17/h6-7,10,17H,4-5,8-9,11H2,1-3H3. The van der Waals surface area contributed by atoms with Gasteiger partial charge in [0.15, 0.2) is 0 Å². The fraction of sp³-hybridized carbons (Fsp3) is 0.571. The van der Waals surface area contributed by atoms with E-state index < -0.39 is 0 Å². The van der Waals surface area contributed by atoms with Crippen LogP contribution in [0.25, 0.3) is 0 Å². The molecule has 0 atom stereocenters. The quantitative estimate of drug-likeness (QED) is 0.750. The van der Waals surface area contributed by atoms with Crippen LogP contribution in [0, 0.1) is 6.92 Å². The summed E-state index contributed by atoms with van der Waals surface area (Å²) in [6, 6.07) is 6.43. The van der Waals surface area contributed by atoms with E-state index >= 15 is 0 Å². The van der Waals surface area contributed by atoms with Crippen molar-refractivity contribution in [1.29, 1.82) is 0 Å². The van der Waals surface area contributed by atoms with E-state index in [1.54, 1.807) is 0 Å². The summed E-state index contributed by atoms with van der Waals surface area (Å²) in [6.07, 6.45) is 1.13. The second-order valence-corrected chi connectivity index (χ2v) is 4.80. The van der Waals surface area contributed by atoms with Crippen molar-refractivity contribution in [1.82, 2.24) is 4.90 Å².